The predicted molar refractivity (Wildman–Crippen MR) is 86.0 cm³/mol. The summed E-state index contributed by atoms with van der Waals surface area (Å²) in [6, 6.07) is 8.53. The molecule has 1 aromatic carbocycles. The Bertz CT molecular complexity index is 652. The minimum Gasteiger partial charge on any atom is -0.495 e. The Kier molecular flexibility index (Phi) is 5.30. The Morgan fingerprint density at radius 3 is 3.00 bits per heavy atom. The summed E-state index contributed by atoms with van der Waals surface area (Å²) in [5, 5.41) is 3.90. The largest absolute Gasteiger partial charge is 0.495 e. The zero-order valence-electron chi connectivity index (χ0n) is 11.3. The molecule has 0 fully saturated rings. The van der Waals surface area contributed by atoms with Crippen LogP contribution in [0.5, 0.6) is 5.75 Å². The van der Waals surface area contributed by atoms with Crippen molar-refractivity contribution in [2.45, 2.75) is 5.03 Å². The number of rotatable bonds is 5. The lowest BCUT2D eigenvalue weighted by Crippen LogP contribution is -2.15. The number of benzene rings is 1. The van der Waals surface area contributed by atoms with Crippen molar-refractivity contribution < 1.29 is 9.53 Å². The van der Waals surface area contributed by atoms with Crippen LogP contribution in [0.25, 0.3) is 0 Å². The summed E-state index contributed by atoms with van der Waals surface area (Å²) in [7, 11) is 1.53. The average molecular weight is 324 g/mol. The van der Waals surface area contributed by atoms with Crippen LogP contribution in [-0.2, 0) is 4.79 Å². The van der Waals surface area contributed by atoms with E-state index in [2.05, 4.69) is 10.3 Å². The standard InChI is InChI=1S/C14H14ClN3O2S/c1-20-12-5-4-9(16)7-11(12)18-13(19)8-21-14-10(15)3-2-6-17-14/h2-7H,8,16H2,1H3,(H,18,19). The van der Waals surface area contributed by atoms with Crippen LogP contribution in [0.4, 0.5) is 11.4 Å². The predicted octanol–water partition coefficient (Wildman–Crippen LogP) is 3.06. The van der Waals surface area contributed by atoms with E-state index in [0.717, 1.165) is 0 Å². The maximum atomic E-state index is 12.0. The number of ether oxygens (including phenoxy) is 1. The van der Waals surface area contributed by atoms with Crippen LogP contribution in [0.1, 0.15) is 0 Å². The van der Waals surface area contributed by atoms with Gasteiger partial charge in [-0.2, -0.15) is 0 Å². The van der Waals surface area contributed by atoms with Gasteiger partial charge in [-0.3, -0.25) is 4.79 Å². The van der Waals surface area contributed by atoms with Gasteiger partial charge in [0.2, 0.25) is 5.91 Å². The van der Waals surface area contributed by atoms with Gasteiger partial charge in [-0.15, -0.1) is 0 Å². The fourth-order valence-electron chi connectivity index (χ4n) is 1.62. The van der Waals surface area contributed by atoms with Gasteiger partial charge in [0.15, 0.2) is 0 Å². The highest BCUT2D eigenvalue weighted by Gasteiger charge is 2.10. The fraction of sp³-hybridized carbons (Fsp3) is 0.143. The second kappa shape index (κ2) is 7.19. The van der Waals surface area contributed by atoms with Gasteiger partial charge in [-0.25, -0.2) is 4.98 Å². The van der Waals surface area contributed by atoms with Crippen molar-refractivity contribution in [2.75, 3.05) is 23.9 Å². The van der Waals surface area contributed by atoms with Crippen molar-refractivity contribution in [3.8, 4) is 5.75 Å². The SMILES string of the molecule is COc1ccc(N)cc1NC(=O)CSc1ncccc1Cl. The van der Waals surface area contributed by atoms with Crippen LogP contribution in [0.15, 0.2) is 41.6 Å². The van der Waals surface area contributed by atoms with E-state index in [1.165, 1.54) is 18.9 Å². The molecule has 110 valence electrons. The van der Waals surface area contributed by atoms with Crippen molar-refractivity contribution >= 4 is 40.6 Å². The summed E-state index contributed by atoms with van der Waals surface area (Å²) < 4.78 is 5.17. The van der Waals surface area contributed by atoms with Gasteiger partial charge in [0.05, 0.1) is 23.6 Å². The van der Waals surface area contributed by atoms with Crippen molar-refractivity contribution in [3.05, 3.63) is 41.6 Å². The van der Waals surface area contributed by atoms with E-state index in [9.17, 15) is 4.79 Å². The number of thioether (sulfide) groups is 1. The third kappa shape index (κ3) is 4.27. The topological polar surface area (TPSA) is 77.2 Å². The van der Waals surface area contributed by atoms with Gasteiger partial charge >= 0.3 is 0 Å². The highest BCUT2D eigenvalue weighted by Crippen LogP contribution is 2.28. The molecule has 0 saturated heterocycles. The molecule has 0 aliphatic rings. The quantitative estimate of drug-likeness (QED) is 0.653. The van der Waals surface area contributed by atoms with Gasteiger partial charge in [0.1, 0.15) is 10.8 Å². The lowest BCUT2D eigenvalue weighted by Gasteiger charge is -2.10. The lowest BCUT2D eigenvalue weighted by atomic mass is 10.2. The zero-order valence-corrected chi connectivity index (χ0v) is 12.9. The van der Waals surface area contributed by atoms with E-state index >= 15 is 0 Å². The number of anilines is 2. The number of nitrogens with zero attached hydrogens (tertiary/aromatic N) is 1. The minimum absolute atomic E-state index is 0.189. The molecular weight excluding hydrogens is 310 g/mol. The zero-order chi connectivity index (χ0) is 15.2. The van der Waals surface area contributed by atoms with Crippen LogP contribution in [0, 0.1) is 0 Å². The molecule has 0 aliphatic carbocycles. The van der Waals surface area contributed by atoms with Gasteiger partial charge in [0, 0.05) is 11.9 Å². The number of nitrogens with one attached hydrogen (secondary N) is 1. The molecule has 0 atom stereocenters. The first-order valence-electron chi connectivity index (χ1n) is 6.07. The molecule has 1 aromatic heterocycles. The fourth-order valence-corrected chi connectivity index (χ4v) is 2.59. The van der Waals surface area contributed by atoms with Gasteiger partial charge in [0.25, 0.3) is 0 Å². The smallest absolute Gasteiger partial charge is 0.234 e. The Balaban J connectivity index is 1.99. The van der Waals surface area contributed by atoms with Crippen LogP contribution >= 0.6 is 23.4 Å². The van der Waals surface area contributed by atoms with Crippen LogP contribution in [0.2, 0.25) is 5.02 Å². The minimum atomic E-state index is -0.189. The molecule has 0 aliphatic heterocycles. The van der Waals surface area contributed by atoms with Crippen LogP contribution in [0.3, 0.4) is 0 Å². The first-order chi connectivity index (χ1) is 10.1. The van der Waals surface area contributed by atoms with E-state index in [1.807, 2.05) is 0 Å². The first-order valence-corrected chi connectivity index (χ1v) is 7.43. The first kappa shape index (κ1) is 15.5. The van der Waals surface area contributed by atoms with Crippen LogP contribution < -0.4 is 15.8 Å². The van der Waals surface area contributed by atoms with Gasteiger partial charge in [-0.05, 0) is 30.3 Å². The van der Waals surface area contributed by atoms with Crippen molar-refractivity contribution in [2.24, 2.45) is 0 Å². The maximum absolute atomic E-state index is 12.0. The number of nitrogens with two attached hydrogens (primary N) is 1. The number of pyridine rings is 1. The molecule has 0 spiro atoms. The normalized spacial score (nSPS) is 10.2. The Hall–Kier alpha value is -1.92. The Morgan fingerprint density at radius 2 is 2.29 bits per heavy atom. The molecule has 0 bridgehead atoms. The summed E-state index contributed by atoms with van der Waals surface area (Å²) in [6.45, 7) is 0. The monoisotopic (exact) mass is 323 g/mol. The van der Waals surface area contributed by atoms with Crippen molar-refractivity contribution in [1.29, 1.82) is 0 Å². The van der Waals surface area contributed by atoms with E-state index in [1.54, 1.807) is 36.5 Å². The summed E-state index contributed by atoms with van der Waals surface area (Å²) in [5.41, 5.74) is 6.79. The summed E-state index contributed by atoms with van der Waals surface area (Å²) in [4.78, 5) is 16.1. The number of methoxy groups -OCH3 is 1. The van der Waals surface area contributed by atoms with E-state index in [-0.39, 0.29) is 11.7 Å². The Morgan fingerprint density at radius 1 is 1.48 bits per heavy atom. The molecule has 7 heteroatoms. The molecule has 0 saturated carbocycles. The molecule has 0 unspecified atom stereocenters. The number of hydrogen-bond acceptors (Lipinski definition) is 5. The van der Waals surface area contributed by atoms with Crippen molar-refractivity contribution in [1.82, 2.24) is 4.98 Å². The highest BCUT2D eigenvalue weighted by atomic mass is 35.5. The summed E-state index contributed by atoms with van der Waals surface area (Å²) >= 11 is 7.25. The number of carbonyl (C=O) groups is 1. The number of aromatic nitrogens is 1. The molecule has 1 heterocycles. The molecule has 2 aromatic rings. The number of carbonyl (C=O) groups excluding carboxylic acids is 1. The lowest BCUT2D eigenvalue weighted by molar-refractivity contribution is -0.113. The molecule has 2 rings (SSSR count). The number of amides is 1. The highest BCUT2D eigenvalue weighted by molar-refractivity contribution is 8.00. The molecule has 1 amide bonds. The van der Waals surface area contributed by atoms with Crippen molar-refractivity contribution in [3.63, 3.8) is 0 Å². The van der Waals surface area contributed by atoms with Crippen LogP contribution in [-0.4, -0.2) is 23.8 Å². The molecular formula is C14H14ClN3O2S. The average Bonchev–Trinajstić information content (AvgIpc) is 2.47. The Labute approximate surface area is 131 Å². The number of halogens is 1. The molecule has 5 nitrogen and oxygen atoms in total. The third-order valence-corrected chi connectivity index (χ3v) is 3.98. The molecule has 3 N–H and O–H groups in total. The second-order valence-corrected chi connectivity index (χ2v) is 5.46. The maximum Gasteiger partial charge on any atom is 0.234 e. The summed E-state index contributed by atoms with van der Waals surface area (Å²) in [6.07, 6.45) is 1.63. The van der Waals surface area contributed by atoms with E-state index in [4.69, 9.17) is 22.1 Å². The second-order valence-electron chi connectivity index (χ2n) is 4.09. The third-order valence-electron chi connectivity index (χ3n) is 2.56. The number of nitrogen functional groups attached to an aromatic ring is 1. The molecule has 21 heavy (non-hydrogen) atoms. The van der Waals surface area contributed by atoms with E-state index < -0.39 is 0 Å². The molecule has 0 radical (unpaired) electrons. The number of hydrogen-bond donors (Lipinski definition) is 2. The van der Waals surface area contributed by atoms with Gasteiger partial charge in [-0.1, -0.05) is 23.4 Å². The summed E-state index contributed by atoms with van der Waals surface area (Å²) in [5.74, 6) is 0.554. The van der Waals surface area contributed by atoms with Gasteiger partial charge < -0.3 is 15.8 Å². The van der Waals surface area contributed by atoms with E-state index in [0.29, 0.717) is 27.2 Å².